The zero-order valence-electron chi connectivity index (χ0n) is 16.1. The molecular weight excluding hydrogens is 386 g/mol. The molecule has 0 aliphatic carbocycles. The number of Topliss-reactive ketones (excluding diaryl/α,β-unsaturated/α-hetero) is 1. The summed E-state index contributed by atoms with van der Waals surface area (Å²) in [5, 5.41) is 19.9. The molecule has 30 heavy (non-hydrogen) atoms. The Bertz CT molecular complexity index is 1010. The van der Waals surface area contributed by atoms with E-state index in [-0.39, 0.29) is 22.6 Å². The third-order valence-corrected chi connectivity index (χ3v) is 5.26. The molecule has 2 aliphatic heterocycles. The number of hydrogen-bond donors (Lipinski definition) is 3. The van der Waals surface area contributed by atoms with Crippen molar-refractivity contribution in [3.05, 3.63) is 81.5 Å². The Kier molecular flexibility index (Phi) is 5.44. The van der Waals surface area contributed by atoms with Crippen molar-refractivity contribution in [1.29, 1.82) is 0 Å². The molecule has 9 nitrogen and oxygen atoms in total. The van der Waals surface area contributed by atoms with Crippen LogP contribution in [0, 0.1) is 10.1 Å². The number of carbonyl (C=O) groups is 2. The lowest BCUT2D eigenvalue weighted by Gasteiger charge is -2.29. The standard InChI is InChI=1S/C21H21N5O4/c27-20(14-5-7-15(8-6-14)25-11-9-22-10-12-25)17-13-23-21(28)24-19(17)16-3-1-2-4-18(16)26(29)30/h1-8,13,19,22H,9-12H2,(H2,23,24,28). The summed E-state index contributed by atoms with van der Waals surface area (Å²) in [6.07, 6.45) is 1.33. The van der Waals surface area contributed by atoms with E-state index >= 15 is 0 Å². The van der Waals surface area contributed by atoms with Crippen LogP contribution in [0.1, 0.15) is 22.0 Å². The van der Waals surface area contributed by atoms with Crippen molar-refractivity contribution >= 4 is 23.2 Å². The molecule has 0 spiro atoms. The number of amides is 2. The molecule has 0 radical (unpaired) electrons. The quantitative estimate of drug-likeness (QED) is 0.397. The van der Waals surface area contributed by atoms with Gasteiger partial charge < -0.3 is 20.9 Å². The molecule has 2 aromatic carbocycles. The Hall–Kier alpha value is -3.72. The molecule has 0 aromatic heterocycles. The minimum absolute atomic E-state index is 0.155. The number of carbonyl (C=O) groups excluding carboxylic acids is 2. The van der Waals surface area contributed by atoms with Gasteiger partial charge in [-0.25, -0.2) is 4.79 Å². The summed E-state index contributed by atoms with van der Waals surface area (Å²) in [4.78, 5) is 38.3. The van der Waals surface area contributed by atoms with Gasteiger partial charge in [-0.3, -0.25) is 14.9 Å². The number of piperazine rings is 1. The molecule has 1 unspecified atom stereocenters. The minimum atomic E-state index is -0.916. The lowest BCUT2D eigenvalue weighted by molar-refractivity contribution is -0.385. The number of benzene rings is 2. The number of nitro groups is 1. The number of hydrogen-bond acceptors (Lipinski definition) is 6. The number of ketones is 1. The van der Waals surface area contributed by atoms with Crippen LogP contribution in [0.15, 0.2) is 60.3 Å². The second-order valence-corrected chi connectivity index (χ2v) is 7.08. The molecule has 1 fully saturated rings. The first kappa shape index (κ1) is 19.6. The molecule has 0 saturated carbocycles. The molecule has 2 aliphatic rings. The number of anilines is 1. The Morgan fingerprint density at radius 2 is 1.77 bits per heavy atom. The van der Waals surface area contributed by atoms with Crippen molar-refractivity contribution in [2.45, 2.75) is 6.04 Å². The van der Waals surface area contributed by atoms with Gasteiger partial charge in [-0.05, 0) is 30.3 Å². The van der Waals surface area contributed by atoms with E-state index in [1.807, 2.05) is 12.1 Å². The summed E-state index contributed by atoms with van der Waals surface area (Å²) in [5.74, 6) is -0.308. The smallest absolute Gasteiger partial charge is 0.319 e. The van der Waals surface area contributed by atoms with Gasteiger partial charge >= 0.3 is 6.03 Å². The van der Waals surface area contributed by atoms with Gasteiger partial charge in [0, 0.05) is 55.3 Å². The lowest BCUT2D eigenvalue weighted by Crippen LogP contribution is -2.43. The van der Waals surface area contributed by atoms with Crippen LogP contribution in [0.4, 0.5) is 16.2 Å². The first-order valence-electron chi connectivity index (χ1n) is 9.65. The van der Waals surface area contributed by atoms with Crippen LogP contribution in [0.5, 0.6) is 0 Å². The maximum Gasteiger partial charge on any atom is 0.319 e. The topological polar surface area (TPSA) is 117 Å². The summed E-state index contributed by atoms with van der Waals surface area (Å²) in [7, 11) is 0. The van der Waals surface area contributed by atoms with Gasteiger partial charge in [0.15, 0.2) is 5.78 Å². The van der Waals surface area contributed by atoms with Crippen LogP contribution in [0.2, 0.25) is 0 Å². The van der Waals surface area contributed by atoms with Crippen LogP contribution >= 0.6 is 0 Å². The van der Waals surface area contributed by atoms with Crippen molar-refractivity contribution in [3.63, 3.8) is 0 Å². The number of nitrogens with one attached hydrogen (secondary N) is 3. The third kappa shape index (κ3) is 3.87. The predicted molar refractivity (Wildman–Crippen MR) is 111 cm³/mol. The Morgan fingerprint density at radius 3 is 2.47 bits per heavy atom. The van der Waals surface area contributed by atoms with E-state index in [0.29, 0.717) is 5.56 Å². The van der Waals surface area contributed by atoms with Crippen molar-refractivity contribution < 1.29 is 14.5 Å². The zero-order valence-corrected chi connectivity index (χ0v) is 16.1. The highest BCUT2D eigenvalue weighted by atomic mass is 16.6. The highest BCUT2D eigenvalue weighted by molar-refractivity contribution is 6.10. The molecular formula is C21H21N5O4. The summed E-state index contributed by atoms with van der Waals surface area (Å²) >= 11 is 0. The van der Waals surface area contributed by atoms with E-state index in [0.717, 1.165) is 31.9 Å². The first-order valence-corrected chi connectivity index (χ1v) is 9.65. The Balaban J connectivity index is 1.63. The van der Waals surface area contributed by atoms with Gasteiger partial charge in [0.25, 0.3) is 5.69 Å². The summed E-state index contributed by atoms with van der Waals surface area (Å²) < 4.78 is 0. The van der Waals surface area contributed by atoms with Gasteiger partial charge in [-0.15, -0.1) is 0 Å². The van der Waals surface area contributed by atoms with Crippen LogP contribution in [0.25, 0.3) is 0 Å². The molecule has 154 valence electrons. The highest BCUT2D eigenvalue weighted by Gasteiger charge is 2.33. The zero-order chi connectivity index (χ0) is 21.1. The fourth-order valence-electron chi connectivity index (χ4n) is 3.73. The lowest BCUT2D eigenvalue weighted by atomic mass is 9.91. The van der Waals surface area contributed by atoms with Crippen molar-refractivity contribution in [1.82, 2.24) is 16.0 Å². The van der Waals surface area contributed by atoms with Gasteiger partial charge in [0.1, 0.15) is 0 Å². The van der Waals surface area contributed by atoms with E-state index in [1.54, 1.807) is 30.3 Å². The molecule has 2 amide bonds. The SMILES string of the molecule is O=C1NC=C(C(=O)c2ccc(N3CCNCC3)cc2)C(c2ccccc2[N+](=O)[O-])N1. The summed E-state index contributed by atoms with van der Waals surface area (Å²) in [6.45, 7) is 3.62. The molecule has 0 bridgehead atoms. The van der Waals surface area contributed by atoms with Gasteiger partial charge in [0.05, 0.1) is 16.5 Å². The second-order valence-electron chi connectivity index (χ2n) is 7.08. The van der Waals surface area contributed by atoms with Crippen molar-refractivity contribution in [2.75, 3.05) is 31.1 Å². The second kappa shape index (κ2) is 8.34. The van der Waals surface area contributed by atoms with E-state index in [2.05, 4.69) is 20.9 Å². The normalized spacial score (nSPS) is 18.8. The Labute approximate surface area is 172 Å². The van der Waals surface area contributed by atoms with Crippen LogP contribution in [-0.4, -0.2) is 42.9 Å². The molecule has 3 N–H and O–H groups in total. The summed E-state index contributed by atoms with van der Waals surface area (Å²) in [5.41, 5.74) is 1.82. The van der Waals surface area contributed by atoms with Gasteiger partial charge in [-0.2, -0.15) is 0 Å². The number of nitrogens with zero attached hydrogens (tertiary/aromatic N) is 2. The van der Waals surface area contributed by atoms with Crippen LogP contribution in [0.3, 0.4) is 0 Å². The predicted octanol–water partition coefficient (Wildman–Crippen LogP) is 2.13. The van der Waals surface area contributed by atoms with Crippen LogP contribution in [-0.2, 0) is 0 Å². The van der Waals surface area contributed by atoms with Gasteiger partial charge in [-0.1, -0.05) is 12.1 Å². The number of nitro benzene ring substituents is 1. The molecule has 1 saturated heterocycles. The average molecular weight is 407 g/mol. The maximum atomic E-state index is 13.2. The number of para-hydroxylation sites is 1. The Morgan fingerprint density at radius 1 is 1.07 bits per heavy atom. The molecule has 1 atom stereocenters. The fourth-order valence-corrected chi connectivity index (χ4v) is 3.73. The average Bonchev–Trinajstić information content (AvgIpc) is 2.79. The third-order valence-electron chi connectivity index (χ3n) is 5.26. The van der Waals surface area contributed by atoms with Crippen molar-refractivity contribution in [3.8, 4) is 0 Å². The monoisotopic (exact) mass is 407 g/mol. The first-order chi connectivity index (χ1) is 14.5. The molecule has 9 heteroatoms. The minimum Gasteiger partial charge on any atom is -0.369 e. The summed E-state index contributed by atoms with van der Waals surface area (Å²) in [6, 6.07) is 11.9. The number of urea groups is 1. The highest BCUT2D eigenvalue weighted by Crippen LogP contribution is 2.32. The molecule has 4 rings (SSSR count). The van der Waals surface area contributed by atoms with E-state index in [9.17, 15) is 19.7 Å². The van der Waals surface area contributed by atoms with Crippen LogP contribution < -0.4 is 20.9 Å². The van der Waals surface area contributed by atoms with E-state index in [4.69, 9.17) is 0 Å². The van der Waals surface area contributed by atoms with Gasteiger partial charge in [0.2, 0.25) is 0 Å². The fraction of sp³-hybridized carbons (Fsp3) is 0.238. The largest absolute Gasteiger partial charge is 0.369 e. The number of rotatable bonds is 5. The maximum absolute atomic E-state index is 13.2. The van der Waals surface area contributed by atoms with E-state index in [1.165, 1.54) is 12.3 Å². The van der Waals surface area contributed by atoms with E-state index < -0.39 is 17.0 Å². The van der Waals surface area contributed by atoms with Crippen molar-refractivity contribution in [2.24, 2.45) is 0 Å². The molecule has 2 heterocycles. The molecule has 2 aromatic rings.